The topological polar surface area (TPSA) is 98.0 Å². The predicted octanol–water partition coefficient (Wildman–Crippen LogP) is 0.113. The number of phenolic OH excluding ortho intramolecular Hbond substituents is 1. The van der Waals surface area contributed by atoms with Crippen LogP contribution in [0.2, 0.25) is 0 Å². The number of phenols is 1. The van der Waals surface area contributed by atoms with Gasteiger partial charge < -0.3 is 20.4 Å². The Morgan fingerprint density at radius 3 is 2.06 bits per heavy atom. The van der Waals surface area contributed by atoms with Crippen molar-refractivity contribution < 1.29 is 25.2 Å². The highest BCUT2D eigenvalue weighted by molar-refractivity contribution is 6.07. The Balaban J connectivity index is 2.37. The first-order valence-electron chi connectivity index (χ1n) is 5.25. The van der Waals surface area contributed by atoms with Crippen LogP contribution in [0, 0.1) is 0 Å². The van der Waals surface area contributed by atoms with Gasteiger partial charge in [0.15, 0.2) is 5.60 Å². The van der Waals surface area contributed by atoms with Crippen molar-refractivity contribution in [2.75, 3.05) is 0 Å². The maximum atomic E-state index is 12.1. The molecular formula is C13H12O5. The molecule has 4 N–H and O–H groups in total. The maximum absolute atomic E-state index is 12.1. The number of Topliss-reactive ketones (excluding diaryl/α,β-unsaturated/α-hetero) is 1. The lowest BCUT2D eigenvalue weighted by Crippen LogP contribution is -2.39. The number of hydrogen-bond donors (Lipinski definition) is 4. The van der Waals surface area contributed by atoms with Crippen LogP contribution in [0.5, 0.6) is 5.75 Å². The summed E-state index contributed by atoms with van der Waals surface area (Å²) in [7, 11) is 0. The Labute approximate surface area is 103 Å². The highest BCUT2D eigenvalue weighted by Crippen LogP contribution is 2.27. The molecule has 0 bridgehead atoms. The van der Waals surface area contributed by atoms with Crippen LogP contribution < -0.4 is 0 Å². The lowest BCUT2D eigenvalue weighted by Gasteiger charge is -2.26. The third kappa shape index (κ3) is 2.19. The molecule has 1 aromatic rings. The van der Waals surface area contributed by atoms with Gasteiger partial charge in [-0.05, 0) is 36.4 Å². The summed E-state index contributed by atoms with van der Waals surface area (Å²) in [6.45, 7) is 0. The smallest absolute Gasteiger partial charge is 0.206 e. The first-order chi connectivity index (χ1) is 8.34. The van der Waals surface area contributed by atoms with E-state index in [9.17, 15) is 25.2 Å². The molecule has 0 unspecified atom stereocenters. The summed E-state index contributed by atoms with van der Waals surface area (Å²) in [5, 5.41) is 38.1. The number of carbonyl (C=O) groups excluding carboxylic acids is 1. The Morgan fingerprint density at radius 1 is 0.944 bits per heavy atom. The van der Waals surface area contributed by atoms with Crippen LogP contribution in [0.1, 0.15) is 10.4 Å². The molecule has 0 saturated heterocycles. The van der Waals surface area contributed by atoms with Gasteiger partial charge in [0.05, 0.1) is 5.56 Å². The molecule has 2 rings (SSSR count). The van der Waals surface area contributed by atoms with Crippen LogP contribution in [-0.2, 0) is 0 Å². The quantitative estimate of drug-likeness (QED) is 0.338. The minimum absolute atomic E-state index is 0.0438. The second-order valence-corrected chi connectivity index (χ2v) is 4.12. The average molecular weight is 248 g/mol. The van der Waals surface area contributed by atoms with Gasteiger partial charge in [-0.15, -0.1) is 0 Å². The zero-order valence-corrected chi connectivity index (χ0v) is 9.32. The molecular weight excluding hydrogens is 236 g/mol. The highest BCUT2D eigenvalue weighted by Gasteiger charge is 2.37. The van der Waals surface area contributed by atoms with Gasteiger partial charge in [-0.3, -0.25) is 4.79 Å². The molecule has 5 nitrogen and oxygen atoms in total. The van der Waals surface area contributed by atoms with Gasteiger partial charge >= 0.3 is 0 Å². The SMILES string of the molecule is O=C(c1ccccc1O)C1(O)C=CC(O)(O)C=C1. The van der Waals surface area contributed by atoms with Crippen molar-refractivity contribution in [1.82, 2.24) is 0 Å². The fourth-order valence-corrected chi connectivity index (χ4v) is 1.64. The molecule has 1 aliphatic rings. The number of aromatic hydroxyl groups is 1. The standard InChI is InChI=1S/C13H12O5/c14-10-4-2-1-3-9(10)11(15)12(16)5-7-13(17,18)8-6-12/h1-8,14,16-18H. The largest absolute Gasteiger partial charge is 0.507 e. The highest BCUT2D eigenvalue weighted by atomic mass is 16.5. The number of para-hydroxylation sites is 1. The van der Waals surface area contributed by atoms with Crippen LogP contribution in [0.25, 0.3) is 0 Å². The molecule has 94 valence electrons. The summed E-state index contributed by atoms with van der Waals surface area (Å²) in [6, 6.07) is 5.80. The number of carbonyl (C=O) groups is 1. The second kappa shape index (κ2) is 4.06. The Morgan fingerprint density at radius 2 is 1.50 bits per heavy atom. The molecule has 0 spiro atoms. The summed E-state index contributed by atoms with van der Waals surface area (Å²) in [4.78, 5) is 12.1. The minimum Gasteiger partial charge on any atom is -0.507 e. The third-order valence-electron chi connectivity index (χ3n) is 2.68. The van der Waals surface area contributed by atoms with Gasteiger partial charge in [0, 0.05) is 0 Å². The molecule has 1 aliphatic carbocycles. The molecule has 0 amide bonds. The first kappa shape index (κ1) is 12.5. The Hall–Kier alpha value is -1.95. The van der Waals surface area contributed by atoms with Crippen molar-refractivity contribution in [2.24, 2.45) is 0 Å². The van der Waals surface area contributed by atoms with Gasteiger partial charge in [-0.1, -0.05) is 12.1 Å². The molecule has 0 saturated carbocycles. The van der Waals surface area contributed by atoms with Gasteiger partial charge in [0.25, 0.3) is 0 Å². The summed E-state index contributed by atoms with van der Waals surface area (Å²) >= 11 is 0. The lowest BCUT2D eigenvalue weighted by molar-refractivity contribution is -0.0779. The molecule has 0 fully saturated rings. The molecule has 0 aromatic heterocycles. The van der Waals surface area contributed by atoms with Crippen LogP contribution in [0.4, 0.5) is 0 Å². The lowest BCUT2D eigenvalue weighted by atomic mass is 9.87. The van der Waals surface area contributed by atoms with Gasteiger partial charge in [0.2, 0.25) is 11.6 Å². The maximum Gasteiger partial charge on any atom is 0.206 e. The van der Waals surface area contributed by atoms with Crippen molar-refractivity contribution in [1.29, 1.82) is 0 Å². The Kier molecular flexibility index (Phi) is 2.82. The summed E-state index contributed by atoms with van der Waals surface area (Å²) in [5.74, 6) is -3.17. The van der Waals surface area contributed by atoms with Crippen LogP contribution in [-0.4, -0.2) is 37.6 Å². The van der Waals surface area contributed by atoms with Gasteiger partial charge in [-0.25, -0.2) is 0 Å². The van der Waals surface area contributed by atoms with E-state index < -0.39 is 17.2 Å². The van der Waals surface area contributed by atoms with E-state index in [1.807, 2.05) is 0 Å². The van der Waals surface area contributed by atoms with E-state index >= 15 is 0 Å². The number of hydrogen-bond acceptors (Lipinski definition) is 5. The predicted molar refractivity (Wildman–Crippen MR) is 62.8 cm³/mol. The van der Waals surface area contributed by atoms with Crippen molar-refractivity contribution in [2.45, 2.75) is 11.4 Å². The minimum atomic E-state index is -2.18. The molecule has 0 heterocycles. The van der Waals surface area contributed by atoms with Gasteiger partial charge in [0.1, 0.15) is 5.75 Å². The van der Waals surface area contributed by atoms with E-state index in [2.05, 4.69) is 0 Å². The van der Waals surface area contributed by atoms with E-state index in [4.69, 9.17) is 0 Å². The average Bonchev–Trinajstić information content (AvgIpc) is 2.33. The zero-order valence-electron chi connectivity index (χ0n) is 9.32. The van der Waals surface area contributed by atoms with Crippen molar-refractivity contribution >= 4 is 5.78 Å². The fourth-order valence-electron chi connectivity index (χ4n) is 1.64. The van der Waals surface area contributed by atoms with Crippen LogP contribution >= 0.6 is 0 Å². The van der Waals surface area contributed by atoms with E-state index in [0.29, 0.717) is 0 Å². The van der Waals surface area contributed by atoms with E-state index in [1.54, 1.807) is 12.1 Å². The summed E-state index contributed by atoms with van der Waals surface area (Å²) in [6.07, 6.45) is 3.74. The molecule has 0 aliphatic heterocycles. The van der Waals surface area contributed by atoms with E-state index in [0.717, 1.165) is 24.3 Å². The first-order valence-corrected chi connectivity index (χ1v) is 5.25. The van der Waals surface area contributed by atoms with Crippen molar-refractivity contribution in [3.8, 4) is 5.75 Å². The van der Waals surface area contributed by atoms with Crippen LogP contribution in [0.3, 0.4) is 0 Å². The summed E-state index contributed by atoms with van der Waals surface area (Å²) < 4.78 is 0. The van der Waals surface area contributed by atoms with Crippen molar-refractivity contribution in [3.05, 3.63) is 54.1 Å². The molecule has 0 atom stereocenters. The zero-order chi connectivity index (χ0) is 13.4. The molecule has 5 heteroatoms. The fraction of sp³-hybridized carbons (Fsp3) is 0.154. The number of ketones is 1. The van der Waals surface area contributed by atoms with E-state index in [-0.39, 0.29) is 11.3 Å². The van der Waals surface area contributed by atoms with Crippen molar-refractivity contribution in [3.63, 3.8) is 0 Å². The molecule has 18 heavy (non-hydrogen) atoms. The van der Waals surface area contributed by atoms with E-state index in [1.165, 1.54) is 12.1 Å². The normalized spacial score (nSPS) is 19.7. The van der Waals surface area contributed by atoms with Gasteiger partial charge in [-0.2, -0.15) is 0 Å². The Bertz CT molecular complexity index is 526. The van der Waals surface area contributed by atoms with Crippen LogP contribution in [0.15, 0.2) is 48.6 Å². The number of aliphatic hydroxyl groups is 3. The number of rotatable bonds is 2. The third-order valence-corrected chi connectivity index (χ3v) is 2.68. The monoisotopic (exact) mass is 248 g/mol. The molecule has 0 radical (unpaired) electrons. The summed E-state index contributed by atoms with van der Waals surface area (Å²) in [5.41, 5.74) is -2.04. The molecule has 1 aromatic carbocycles. The number of benzene rings is 1. The second-order valence-electron chi connectivity index (χ2n) is 4.12.